The zero-order valence-corrected chi connectivity index (χ0v) is 17.1. The van der Waals surface area contributed by atoms with Crippen LogP contribution in [0.25, 0.3) is 0 Å². The number of anilines is 1. The van der Waals surface area contributed by atoms with Crippen LogP contribution >= 0.6 is 0 Å². The summed E-state index contributed by atoms with van der Waals surface area (Å²) in [7, 11) is -3.95. The Morgan fingerprint density at radius 2 is 1.57 bits per heavy atom. The highest BCUT2D eigenvalue weighted by Gasteiger charge is 2.25. The van der Waals surface area contributed by atoms with Crippen LogP contribution in [0.5, 0.6) is 0 Å². The van der Waals surface area contributed by atoms with Crippen LogP contribution in [0, 0.1) is 5.82 Å². The van der Waals surface area contributed by atoms with Crippen LogP contribution in [0.15, 0.2) is 78.0 Å². The van der Waals surface area contributed by atoms with Crippen molar-refractivity contribution in [2.45, 2.75) is 23.8 Å². The maximum absolute atomic E-state index is 13.8. The van der Waals surface area contributed by atoms with Gasteiger partial charge in [0.15, 0.2) is 0 Å². The van der Waals surface area contributed by atoms with E-state index in [0.29, 0.717) is 24.7 Å². The smallest absolute Gasteiger partial charge is 0.261 e. The van der Waals surface area contributed by atoms with Gasteiger partial charge in [-0.3, -0.25) is 9.52 Å². The SMILES string of the molecule is O=C(c1ccc(S(=O)(=O)Nc2ccccc2F)cc1)N1CCC(n2cccc2)CC1. The lowest BCUT2D eigenvalue weighted by Crippen LogP contribution is -2.38. The number of para-hydroxylation sites is 1. The Hall–Kier alpha value is -3.13. The fraction of sp³-hybridized carbons (Fsp3) is 0.227. The third-order valence-corrected chi connectivity index (χ3v) is 6.71. The summed E-state index contributed by atoms with van der Waals surface area (Å²) in [5.74, 6) is -0.775. The molecule has 0 spiro atoms. The van der Waals surface area contributed by atoms with Gasteiger partial charge in [-0.15, -0.1) is 0 Å². The van der Waals surface area contributed by atoms with Crippen molar-refractivity contribution in [2.75, 3.05) is 17.8 Å². The van der Waals surface area contributed by atoms with Gasteiger partial charge >= 0.3 is 0 Å². The lowest BCUT2D eigenvalue weighted by molar-refractivity contribution is 0.0694. The van der Waals surface area contributed by atoms with Crippen molar-refractivity contribution in [1.82, 2.24) is 9.47 Å². The zero-order chi connectivity index (χ0) is 21.1. The summed E-state index contributed by atoms with van der Waals surface area (Å²) < 4.78 is 43.2. The second kappa shape index (κ2) is 8.31. The van der Waals surface area contributed by atoms with E-state index in [1.54, 1.807) is 11.0 Å². The van der Waals surface area contributed by atoms with E-state index >= 15 is 0 Å². The number of nitrogens with zero attached hydrogens (tertiary/aromatic N) is 2. The lowest BCUT2D eigenvalue weighted by atomic mass is 10.0. The monoisotopic (exact) mass is 427 g/mol. The average molecular weight is 428 g/mol. The molecule has 0 atom stereocenters. The number of sulfonamides is 1. The summed E-state index contributed by atoms with van der Waals surface area (Å²) in [6.07, 6.45) is 5.83. The number of carbonyl (C=O) groups is 1. The number of rotatable bonds is 5. The summed E-state index contributed by atoms with van der Waals surface area (Å²) in [5.41, 5.74) is 0.308. The molecule has 1 amide bonds. The number of hydrogen-bond acceptors (Lipinski definition) is 3. The number of hydrogen-bond donors (Lipinski definition) is 1. The van der Waals surface area contributed by atoms with Crippen molar-refractivity contribution >= 4 is 21.6 Å². The molecule has 3 aromatic rings. The molecule has 1 aliphatic rings. The molecular formula is C22H22FN3O3S. The largest absolute Gasteiger partial charge is 0.351 e. The molecular weight excluding hydrogens is 405 g/mol. The third-order valence-electron chi connectivity index (χ3n) is 5.33. The number of halogens is 1. The van der Waals surface area contributed by atoms with E-state index in [1.165, 1.54) is 42.5 Å². The van der Waals surface area contributed by atoms with Crippen molar-refractivity contribution < 1.29 is 17.6 Å². The van der Waals surface area contributed by atoms with Crippen LogP contribution in [0.3, 0.4) is 0 Å². The van der Waals surface area contributed by atoms with E-state index in [9.17, 15) is 17.6 Å². The predicted molar refractivity (Wildman–Crippen MR) is 112 cm³/mol. The Kier molecular flexibility index (Phi) is 5.59. The number of aromatic nitrogens is 1. The molecule has 0 saturated carbocycles. The first-order chi connectivity index (χ1) is 14.4. The molecule has 1 aliphatic heterocycles. The molecule has 0 aliphatic carbocycles. The van der Waals surface area contributed by atoms with Crippen molar-refractivity contribution in [3.05, 3.63) is 84.4 Å². The minimum Gasteiger partial charge on any atom is -0.351 e. The molecule has 0 unspecified atom stereocenters. The van der Waals surface area contributed by atoms with E-state index in [4.69, 9.17) is 0 Å². The predicted octanol–water partition coefficient (Wildman–Crippen LogP) is 3.91. The van der Waals surface area contributed by atoms with E-state index in [0.717, 1.165) is 12.8 Å². The number of amides is 1. The topological polar surface area (TPSA) is 71.4 Å². The number of nitrogens with one attached hydrogen (secondary N) is 1. The van der Waals surface area contributed by atoms with Gasteiger partial charge < -0.3 is 9.47 Å². The van der Waals surface area contributed by atoms with Crippen LogP contribution < -0.4 is 4.72 Å². The highest BCUT2D eigenvalue weighted by Crippen LogP contribution is 2.24. The summed E-state index contributed by atoms with van der Waals surface area (Å²) >= 11 is 0. The Morgan fingerprint density at radius 3 is 2.20 bits per heavy atom. The number of benzene rings is 2. The summed E-state index contributed by atoms with van der Waals surface area (Å²) in [5, 5.41) is 0. The highest BCUT2D eigenvalue weighted by atomic mass is 32.2. The van der Waals surface area contributed by atoms with Crippen LogP contribution in [0.2, 0.25) is 0 Å². The molecule has 4 rings (SSSR count). The highest BCUT2D eigenvalue weighted by molar-refractivity contribution is 7.92. The Morgan fingerprint density at radius 1 is 0.933 bits per heavy atom. The first-order valence-corrected chi connectivity index (χ1v) is 11.2. The normalized spacial score (nSPS) is 15.2. The first-order valence-electron chi connectivity index (χ1n) is 9.73. The van der Waals surface area contributed by atoms with E-state index < -0.39 is 15.8 Å². The fourth-order valence-corrected chi connectivity index (χ4v) is 4.73. The van der Waals surface area contributed by atoms with Gasteiger partial charge in [-0.25, -0.2) is 12.8 Å². The van der Waals surface area contributed by atoms with Gasteiger partial charge in [0, 0.05) is 37.1 Å². The molecule has 1 aromatic heterocycles. The Balaban J connectivity index is 1.42. The summed E-state index contributed by atoms with van der Waals surface area (Å²) in [6.45, 7) is 1.30. The summed E-state index contributed by atoms with van der Waals surface area (Å²) in [6, 6.07) is 15.7. The van der Waals surface area contributed by atoms with Crippen LogP contribution in [-0.2, 0) is 10.0 Å². The minimum atomic E-state index is -3.95. The Labute approximate surface area is 175 Å². The van der Waals surface area contributed by atoms with Crippen molar-refractivity contribution in [3.8, 4) is 0 Å². The van der Waals surface area contributed by atoms with Gasteiger partial charge in [0.2, 0.25) is 0 Å². The maximum atomic E-state index is 13.8. The quantitative estimate of drug-likeness (QED) is 0.671. The zero-order valence-electron chi connectivity index (χ0n) is 16.2. The maximum Gasteiger partial charge on any atom is 0.261 e. The molecule has 1 saturated heterocycles. The fourth-order valence-electron chi connectivity index (χ4n) is 3.67. The van der Waals surface area contributed by atoms with Gasteiger partial charge in [-0.1, -0.05) is 12.1 Å². The van der Waals surface area contributed by atoms with Crippen molar-refractivity contribution in [1.29, 1.82) is 0 Å². The van der Waals surface area contributed by atoms with E-state index in [-0.39, 0.29) is 16.5 Å². The lowest BCUT2D eigenvalue weighted by Gasteiger charge is -2.32. The van der Waals surface area contributed by atoms with E-state index in [1.807, 2.05) is 24.5 Å². The van der Waals surface area contributed by atoms with Gasteiger partial charge in [0.05, 0.1) is 10.6 Å². The molecule has 2 aromatic carbocycles. The van der Waals surface area contributed by atoms with Crippen LogP contribution in [0.4, 0.5) is 10.1 Å². The molecule has 6 nitrogen and oxygen atoms in total. The molecule has 30 heavy (non-hydrogen) atoms. The molecule has 8 heteroatoms. The standard InChI is InChI=1S/C22H22FN3O3S/c23-20-5-1-2-6-21(20)24-30(28,29)19-9-7-17(8-10-19)22(27)26-15-11-18(12-16-26)25-13-3-4-14-25/h1-10,13-14,18,24H,11-12,15-16H2. The third kappa shape index (κ3) is 4.23. The van der Waals surface area contributed by atoms with Gasteiger partial charge in [0.25, 0.3) is 15.9 Å². The van der Waals surface area contributed by atoms with Crippen molar-refractivity contribution in [3.63, 3.8) is 0 Å². The van der Waals surface area contributed by atoms with Gasteiger partial charge in [-0.2, -0.15) is 0 Å². The minimum absolute atomic E-state index is 0.0337. The number of carbonyl (C=O) groups excluding carboxylic acids is 1. The number of piperidine rings is 1. The summed E-state index contributed by atoms with van der Waals surface area (Å²) in [4.78, 5) is 14.6. The molecule has 156 valence electrons. The van der Waals surface area contributed by atoms with Crippen LogP contribution in [0.1, 0.15) is 29.2 Å². The van der Waals surface area contributed by atoms with Crippen molar-refractivity contribution in [2.24, 2.45) is 0 Å². The van der Waals surface area contributed by atoms with Gasteiger partial charge in [-0.05, 0) is 61.4 Å². The second-order valence-electron chi connectivity index (χ2n) is 7.26. The number of likely N-dealkylation sites (tertiary alicyclic amines) is 1. The molecule has 0 bridgehead atoms. The molecule has 1 N–H and O–H groups in total. The van der Waals surface area contributed by atoms with E-state index in [2.05, 4.69) is 9.29 Å². The molecule has 0 radical (unpaired) electrons. The average Bonchev–Trinajstić information content (AvgIpc) is 3.30. The Bertz CT molecular complexity index is 1120. The second-order valence-corrected chi connectivity index (χ2v) is 8.95. The van der Waals surface area contributed by atoms with Crippen LogP contribution in [-0.4, -0.2) is 36.9 Å². The first kappa shape index (κ1) is 20.2. The van der Waals surface area contributed by atoms with Gasteiger partial charge in [0.1, 0.15) is 5.82 Å². The molecule has 1 fully saturated rings. The molecule has 2 heterocycles.